The molecule has 0 saturated carbocycles. The van der Waals surface area contributed by atoms with E-state index in [1.54, 1.807) is 0 Å². The Hall–Kier alpha value is -2.10. The van der Waals surface area contributed by atoms with Crippen LogP contribution in [0.3, 0.4) is 0 Å². The maximum Gasteiger partial charge on any atom is 0.128 e. The van der Waals surface area contributed by atoms with Crippen molar-refractivity contribution in [2.24, 2.45) is 0 Å². The average Bonchev–Trinajstić information content (AvgIpc) is 3.03. The standard InChI is InChI=1S/C17H18F2N2/c18-14-6-7-17(19)13(10-14)12-20-15-4-3-5-16(11-15)21-8-1-2-9-21/h3-7,10-11,20H,1-2,8-9,12H2. The van der Waals surface area contributed by atoms with Crippen molar-refractivity contribution in [2.75, 3.05) is 23.3 Å². The van der Waals surface area contributed by atoms with Crippen molar-refractivity contribution in [1.29, 1.82) is 0 Å². The van der Waals surface area contributed by atoms with E-state index in [0.29, 0.717) is 5.56 Å². The molecule has 0 amide bonds. The Bertz CT molecular complexity index is 622. The molecule has 2 aromatic rings. The summed E-state index contributed by atoms with van der Waals surface area (Å²) in [4.78, 5) is 2.34. The van der Waals surface area contributed by atoms with Crippen molar-refractivity contribution in [2.45, 2.75) is 19.4 Å². The molecular weight excluding hydrogens is 270 g/mol. The van der Waals surface area contributed by atoms with Gasteiger partial charge in [-0.2, -0.15) is 0 Å². The molecule has 0 bridgehead atoms. The lowest BCUT2D eigenvalue weighted by Crippen LogP contribution is -2.17. The van der Waals surface area contributed by atoms with E-state index in [-0.39, 0.29) is 12.4 Å². The zero-order valence-electron chi connectivity index (χ0n) is 11.8. The number of rotatable bonds is 4. The van der Waals surface area contributed by atoms with Gasteiger partial charge < -0.3 is 10.2 Å². The molecule has 1 aliphatic heterocycles. The number of anilines is 2. The summed E-state index contributed by atoms with van der Waals surface area (Å²) in [6, 6.07) is 11.6. The van der Waals surface area contributed by atoms with Crippen LogP contribution < -0.4 is 10.2 Å². The molecule has 0 aliphatic carbocycles. The third-order valence-electron chi connectivity index (χ3n) is 3.81. The quantitative estimate of drug-likeness (QED) is 0.908. The van der Waals surface area contributed by atoms with E-state index in [4.69, 9.17) is 0 Å². The Balaban J connectivity index is 1.70. The van der Waals surface area contributed by atoms with Crippen molar-refractivity contribution in [3.63, 3.8) is 0 Å². The first kappa shape index (κ1) is 13.9. The molecule has 1 saturated heterocycles. The van der Waals surface area contributed by atoms with Crippen LogP contribution in [-0.4, -0.2) is 13.1 Å². The normalized spacial score (nSPS) is 14.5. The minimum atomic E-state index is -0.418. The topological polar surface area (TPSA) is 15.3 Å². The van der Waals surface area contributed by atoms with Crippen LogP contribution in [0.2, 0.25) is 0 Å². The number of hydrogen-bond acceptors (Lipinski definition) is 2. The first-order valence-electron chi connectivity index (χ1n) is 7.25. The molecule has 0 aromatic heterocycles. The molecule has 2 aromatic carbocycles. The van der Waals surface area contributed by atoms with Crippen LogP contribution >= 0.6 is 0 Å². The number of benzene rings is 2. The van der Waals surface area contributed by atoms with Gasteiger partial charge in [-0.05, 0) is 49.2 Å². The van der Waals surface area contributed by atoms with Crippen LogP contribution in [0.4, 0.5) is 20.2 Å². The first-order chi connectivity index (χ1) is 10.2. The Morgan fingerprint density at radius 2 is 1.81 bits per heavy atom. The molecular formula is C17H18F2N2. The van der Waals surface area contributed by atoms with E-state index >= 15 is 0 Å². The van der Waals surface area contributed by atoms with Crippen molar-refractivity contribution < 1.29 is 8.78 Å². The fourth-order valence-corrected chi connectivity index (χ4v) is 2.66. The Kier molecular flexibility index (Phi) is 4.04. The van der Waals surface area contributed by atoms with Gasteiger partial charge in [0.15, 0.2) is 0 Å². The predicted molar refractivity (Wildman–Crippen MR) is 81.6 cm³/mol. The Morgan fingerprint density at radius 1 is 1.00 bits per heavy atom. The van der Waals surface area contributed by atoms with Crippen molar-refractivity contribution >= 4 is 11.4 Å². The summed E-state index contributed by atoms with van der Waals surface area (Å²) in [6.45, 7) is 2.44. The van der Waals surface area contributed by atoms with Gasteiger partial charge in [0.25, 0.3) is 0 Å². The molecule has 2 nitrogen and oxygen atoms in total. The van der Waals surface area contributed by atoms with Gasteiger partial charge in [0, 0.05) is 36.6 Å². The lowest BCUT2D eigenvalue weighted by atomic mass is 10.2. The van der Waals surface area contributed by atoms with Crippen molar-refractivity contribution in [1.82, 2.24) is 0 Å². The molecule has 1 heterocycles. The van der Waals surface area contributed by atoms with Gasteiger partial charge >= 0.3 is 0 Å². The molecule has 21 heavy (non-hydrogen) atoms. The molecule has 0 atom stereocenters. The highest BCUT2D eigenvalue weighted by atomic mass is 19.1. The van der Waals surface area contributed by atoms with E-state index in [2.05, 4.69) is 22.3 Å². The first-order valence-corrected chi connectivity index (χ1v) is 7.25. The van der Waals surface area contributed by atoms with E-state index in [1.807, 2.05) is 12.1 Å². The largest absolute Gasteiger partial charge is 0.381 e. The molecule has 4 heteroatoms. The lowest BCUT2D eigenvalue weighted by molar-refractivity contribution is 0.587. The zero-order chi connectivity index (χ0) is 14.7. The lowest BCUT2D eigenvalue weighted by Gasteiger charge is -2.18. The van der Waals surface area contributed by atoms with Crippen LogP contribution in [0.15, 0.2) is 42.5 Å². The SMILES string of the molecule is Fc1ccc(F)c(CNc2cccc(N3CCCC3)c2)c1. The summed E-state index contributed by atoms with van der Waals surface area (Å²) in [5, 5.41) is 3.16. The summed E-state index contributed by atoms with van der Waals surface area (Å²) in [7, 11) is 0. The monoisotopic (exact) mass is 288 g/mol. The highest BCUT2D eigenvalue weighted by molar-refractivity contribution is 5.58. The minimum absolute atomic E-state index is 0.271. The maximum absolute atomic E-state index is 13.6. The van der Waals surface area contributed by atoms with Gasteiger partial charge in [-0.25, -0.2) is 8.78 Å². The van der Waals surface area contributed by atoms with Gasteiger partial charge in [-0.3, -0.25) is 0 Å². The third-order valence-corrected chi connectivity index (χ3v) is 3.81. The molecule has 3 rings (SSSR count). The van der Waals surface area contributed by atoms with Crippen LogP contribution in [0, 0.1) is 11.6 Å². The van der Waals surface area contributed by atoms with E-state index in [0.717, 1.165) is 30.9 Å². The summed E-state index contributed by atoms with van der Waals surface area (Å²) in [5.74, 6) is -0.807. The van der Waals surface area contributed by atoms with E-state index in [1.165, 1.54) is 24.6 Å². The zero-order valence-corrected chi connectivity index (χ0v) is 11.8. The molecule has 0 unspecified atom stereocenters. The average molecular weight is 288 g/mol. The highest BCUT2D eigenvalue weighted by Gasteiger charge is 2.12. The minimum Gasteiger partial charge on any atom is -0.381 e. The number of nitrogens with zero attached hydrogens (tertiary/aromatic N) is 1. The predicted octanol–water partition coefficient (Wildman–Crippen LogP) is 4.18. The second-order valence-electron chi connectivity index (χ2n) is 5.33. The maximum atomic E-state index is 13.6. The summed E-state index contributed by atoms with van der Waals surface area (Å²) >= 11 is 0. The second-order valence-corrected chi connectivity index (χ2v) is 5.33. The van der Waals surface area contributed by atoms with Gasteiger partial charge in [-0.1, -0.05) is 6.07 Å². The van der Waals surface area contributed by atoms with Gasteiger partial charge in [0.05, 0.1) is 0 Å². The van der Waals surface area contributed by atoms with E-state index in [9.17, 15) is 8.78 Å². The van der Waals surface area contributed by atoms with Gasteiger partial charge in [0.2, 0.25) is 0 Å². The molecule has 1 aliphatic rings. The summed E-state index contributed by atoms with van der Waals surface area (Å²) in [6.07, 6.45) is 2.46. The van der Waals surface area contributed by atoms with Crippen LogP contribution in [0.25, 0.3) is 0 Å². The van der Waals surface area contributed by atoms with Gasteiger partial charge in [-0.15, -0.1) is 0 Å². The molecule has 1 N–H and O–H groups in total. The number of nitrogens with one attached hydrogen (secondary N) is 1. The molecule has 0 spiro atoms. The van der Waals surface area contributed by atoms with Crippen LogP contribution in [0.1, 0.15) is 18.4 Å². The fraction of sp³-hybridized carbons (Fsp3) is 0.294. The Morgan fingerprint density at radius 3 is 2.62 bits per heavy atom. The second kappa shape index (κ2) is 6.12. The molecule has 110 valence electrons. The Labute approximate surface area is 123 Å². The number of hydrogen-bond donors (Lipinski definition) is 1. The van der Waals surface area contributed by atoms with Gasteiger partial charge in [0.1, 0.15) is 11.6 Å². The molecule has 1 fully saturated rings. The van der Waals surface area contributed by atoms with Crippen molar-refractivity contribution in [3.05, 3.63) is 59.7 Å². The van der Waals surface area contributed by atoms with Crippen molar-refractivity contribution in [3.8, 4) is 0 Å². The van der Waals surface area contributed by atoms with Crippen LogP contribution in [0.5, 0.6) is 0 Å². The molecule has 0 radical (unpaired) electrons. The summed E-state index contributed by atoms with van der Waals surface area (Å²) in [5.41, 5.74) is 2.43. The summed E-state index contributed by atoms with van der Waals surface area (Å²) < 4.78 is 26.7. The third kappa shape index (κ3) is 3.32. The smallest absolute Gasteiger partial charge is 0.128 e. The fourth-order valence-electron chi connectivity index (χ4n) is 2.66. The highest BCUT2D eigenvalue weighted by Crippen LogP contribution is 2.23. The van der Waals surface area contributed by atoms with Crippen LogP contribution in [-0.2, 0) is 6.54 Å². The van der Waals surface area contributed by atoms with E-state index < -0.39 is 5.82 Å². The number of halogens is 2.